The summed E-state index contributed by atoms with van der Waals surface area (Å²) < 4.78 is 0.994. The molecule has 39 heavy (non-hydrogen) atoms. The number of allylic oxidation sites excluding steroid dienone is 1. The number of aliphatic imine (C=N–C) groups is 1. The Kier molecular flexibility index (Phi) is 6.28. The van der Waals surface area contributed by atoms with E-state index < -0.39 is 40.4 Å². The molecule has 2 fully saturated rings. The maximum atomic E-state index is 13.6. The number of carbonyl (C=O) groups excluding carboxylic acids is 3. The van der Waals surface area contributed by atoms with E-state index in [1.165, 1.54) is 20.2 Å². The Morgan fingerprint density at radius 2 is 1.87 bits per heavy atom. The van der Waals surface area contributed by atoms with Crippen molar-refractivity contribution in [1.82, 2.24) is 19.4 Å². The van der Waals surface area contributed by atoms with Gasteiger partial charge in [0, 0.05) is 32.9 Å². The van der Waals surface area contributed by atoms with E-state index in [9.17, 15) is 29.1 Å². The number of urea groups is 1. The maximum Gasteiger partial charge on any atom is 0.332 e. The third-order valence-corrected chi connectivity index (χ3v) is 7.98. The lowest BCUT2D eigenvalue weighted by Gasteiger charge is -2.50. The molecule has 1 aromatic carbocycles. The first kappa shape index (κ1) is 26.1. The van der Waals surface area contributed by atoms with Crippen LogP contribution in [-0.4, -0.2) is 74.7 Å². The number of carbonyl (C=O) groups is 3. The zero-order valence-corrected chi connectivity index (χ0v) is 22.1. The van der Waals surface area contributed by atoms with Crippen molar-refractivity contribution in [2.24, 2.45) is 10.4 Å². The zero-order valence-electron chi connectivity index (χ0n) is 22.1. The van der Waals surface area contributed by atoms with Crippen LogP contribution in [0.4, 0.5) is 16.2 Å². The maximum absolute atomic E-state index is 13.6. The highest BCUT2D eigenvalue weighted by molar-refractivity contribution is 6.20. The first-order chi connectivity index (χ1) is 18.6. The van der Waals surface area contributed by atoms with E-state index in [0.29, 0.717) is 18.7 Å². The van der Waals surface area contributed by atoms with Crippen LogP contribution in [0.5, 0.6) is 5.88 Å². The SMILES string of the molecule is C=CCn1c(O)c(C(CC)=Nc2ccc3c(c2)CC2(C(=O)N(C)C(=O)N(C)C2=O)C2CCCN32)c(=O)[nH]c1=O. The highest BCUT2D eigenvalue weighted by Crippen LogP contribution is 2.49. The minimum atomic E-state index is -1.44. The molecule has 3 aliphatic heterocycles. The molecule has 0 radical (unpaired) electrons. The summed E-state index contributed by atoms with van der Waals surface area (Å²) in [6, 6.07) is 4.40. The van der Waals surface area contributed by atoms with E-state index in [2.05, 4.69) is 21.5 Å². The summed E-state index contributed by atoms with van der Waals surface area (Å²) >= 11 is 0. The topological polar surface area (TPSA) is 148 Å². The minimum absolute atomic E-state index is 0.00315. The van der Waals surface area contributed by atoms with Crippen molar-refractivity contribution in [2.45, 2.75) is 45.2 Å². The molecule has 0 bridgehead atoms. The van der Waals surface area contributed by atoms with Crippen molar-refractivity contribution < 1.29 is 19.5 Å². The van der Waals surface area contributed by atoms with Gasteiger partial charge in [-0.15, -0.1) is 6.58 Å². The molecule has 1 atom stereocenters. The van der Waals surface area contributed by atoms with Crippen molar-refractivity contribution in [1.29, 1.82) is 0 Å². The fraction of sp³-hybridized carbons (Fsp3) is 0.407. The van der Waals surface area contributed by atoms with Gasteiger partial charge in [0.1, 0.15) is 5.56 Å². The van der Waals surface area contributed by atoms with Gasteiger partial charge in [0.15, 0.2) is 5.41 Å². The van der Waals surface area contributed by atoms with Gasteiger partial charge in [0.25, 0.3) is 5.56 Å². The molecule has 12 nitrogen and oxygen atoms in total. The number of nitrogens with one attached hydrogen (secondary N) is 1. The molecule has 12 heteroatoms. The van der Waals surface area contributed by atoms with Crippen molar-refractivity contribution in [2.75, 3.05) is 25.5 Å². The van der Waals surface area contributed by atoms with Crippen LogP contribution in [0.15, 0.2) is 45.4 Å². The minimum Gasteiger partial charge on any atom is -0.494 e. The average Bonchev–Trinajstić information content (AvgIpc) is 3.42. The first-order valence-corrected chi connectivity index (χ1v) is 12.8. The zero-order chi connectivity index (χ0) is 28.2. The number of anilines is 1. The summed E-state index contributed by atoms with van der Waals surface area (Å²) in [6.07, 6.45) is 3.25. The molecule has 2 aromatic rings. The van der Waals surface area contributed by atoms with Gasteiger partial charge in [-0.2, -0.15) is 0 Å². The van der Waals surface area contributed by atoms with Crippen molar-refractivity contribution >= 4 is 34.9 Å². The highest BCUT2D eigenvalue weighted by Gasteiger charge is 2.63. The van der Waals surface area contributed by atoms with Gasteiger partial charge in [-0.25, -0.2) is 9.59 Å². The molecule has 204 valence electrons. The number of aromatic hydroxyl groups is 1. The van der Waals surface area contributed by atoms with Gasteiger partial charge in [0.05, 0.1) is 17.4 Å². The predicted octanol–water partition coefficient (Wildman–Crippen LogP) is 1.52. The Bertz CT molecular complexity index is 1550. The normalized spacial score (nSPS) is 20.5. The van der Waals surface area contributed by atoms with Gasteiger partial charge in [0.2, 0.25) is 17.7 Å². The van der Waals surface area contributed by atoms with Crippen molar-refractivity contribution in [3.05, 3.63) is 62.8 Å². The number of hydrogen-bond donors (Lipinski definition) is 2. The van der Waals surface area contributed by atoms with Gasteiger partial charge in [-0.05, 0) is 49.4 Å². The number of rotatable bonds is 5. The lowest BCUT2D eigenvalue weighted by Crippen LogP contribution is -2.70. The molecule has 0 aliphatic carbocycles. The third kappa shape index (κ3) is 3.73. The van der Waals surface area contributed by atoms with Gasteiger partial charge in [-0.3, -0.25) is 38.7 Å². The highest BCUT2D eigenvalue weighted by atomic mass is 16.3. The Balaban J connectivity index is 1.63. The van der Waals surface area contributed by atoms with E-state index in [1.54, 1.807) is 19.1 Å². The van der Waals surface area contributed by atoms with Gasteiger partial charge >= 0.3 is 11.7 Å². The lowest BCUT2D eigenvalue weighted by atomic mass is 9.68. The van der Waals surface area contributed by atoms with Crippen LogP contribution in [0.25, 0.3) is 0 Å². The molecule has 2 N–H and O–H groups in total. The average molecular weight is 535 g/mol. The van der Waals surface area contributed by atoms with Crippen LogP contribution in [0, 0.1) is 5.41 Å². The third-order valence-electron chi connectivity index (χ3n) is 7.98. The fourth-order valence-corrected chi connectivity index (χ4v) is 6.16. The van der Waals surface area contributed by atoms with E-state index >= 15 is 0 Å². The van der Waals surface area contributed by atoms with Crippen LogP contribution in [0.3, 0.4) is 0 Å². The summed E-state index contributed by atoms with van der Waals surface area (Å²) in [4.78, 5) is 75.5. The summed E-state index contributed by atoms with van der Waals surface area (Å²) in [6.45, 7) is 6.01. The number of aromatic amines is 1. The standard InChI is InChI=1S/C27H30N6O6/c1-5-11-33-22(35)20(21(34)29-25(33)38)17(6-2)28-16-9-10-18-15(13-16)14-27(19-8-7-12-32(18)19)23(36)30(3)26(39)31(4)24(27)37/h5,9-10,13,19,35H,1,6-8,11-12,14H2,2-4H3,(H,29,34,38). The molecule has 1 spiro atoms. The van der Waals surface area contributed by atoms with E-state index in [4.69, 9.17) is 0 Å². The molecular formula is C27H30N6O6. The van der Waals surface area contributed by atoms with Crippen molar-refractivity contribution in [3.8, 4) is 5.88 Å². The van der Waals surface area contributed by atoms with Crippen LogP contribution in [0.1, 0.15) is 37.3 Å². The van der Waals surface area contributed by atoms with E-state index in [0.717, 1.165) is 32.0 Å². The molecule has 2 saturated heterocycles. The summed E-state index contributed by atoms with van der Waals surface area (Å²) in [5.41, 5.74) is -0.756. The second kappa shape index (κ2) is 9.37. The second-order valence-corrected chi connectivity index (χ2v) is 10.1. The Hall–Kier alpha value is -4.48. The summed E-state index contributed by atoms with van der Waals surface area (Å²) in [5.74, 6) is -1.53. The quantitative estimate of drug-likeness (QED) is 0.336. The monoisotopic (exact) mass is 534 g/mol. The Morgan fingerprint density at radius 1 is 1.18 bits per heavy atom. The second-order valence-electron chi connectivity index (χ2n) is 10.1. The number of benzene rings is 1. The number of aromatic nitrogens is 2. The Morgan fingerprint density at radius 3 is 2.51 bits per heavy atom. The lowest BCUT2D eigenvalue weighted by molar-refractivity contribution is -0.159. The largest absolute Gasteiger partial charge is 0.494 e. The molecule has 4 amide bonds. The number of imide groups is 2. The van der Waals surface area contributed by atoms with Crippen LogP contribution < -0.4 is 16.1 Å². The number of amides is 4. The smallest absolute Gasteiger partial charge is 0.332 e. The number of nitrogens with zero attached hydrogens (tertiary/aromatic N) is 5. The van der Waals surface area contributed by atoms with Crippen molar-refractivity contribution in [3.63, 3.8) is 0 Å². The fourth-order valence-electron chi connectivity index (χ4n) is 6.16. The number of fused-ring (bicyclic) bond motifs is 4. The number of H-pyrrole nitrogens is 1. The molecule has 4 heterocycles. The number of barbiturate groups is 1. The van der Waals surface area contributed by atoms with Gasteiger partial charge < -0.3 is 10.0 Å². The molecule has 3 aliphatic rings. The Labute approximate surface area is 223 Å². The van der Waals surface area contributed by atoms with Crippen LogP contribution in [0.2, 0.25) is 0 Å². The van der Waals surface area contributed by atoms with Gasteiger partial charge in [-0.1, -0.05) is 13.0 Å². The molecule has 0 saturated carbocycles. The van der Waals surface area contributed by atoms with E-state index in [1.807, 2.05) is 6.07 Å². The summed E-state index contributed by atoms with van der Waals surface area (Å²) in [7, 11) is 2.79. The first-order valence-electron chi connectivity index (χ1n) is 12.8. The molecule has 1 unspecified atom stereocenters. The summed E-state index contributed by atoms with van der Waals surface area (Å²) in [5, 5.41) is 10.7. The number of hydrogen-bond acceptors (Lipinski definition) is 8. The van der Waals surface area contributed by atoms with Crippen LogP contribution in [-0.2, 0) is 22.6 Å². The predicted molar refractivity (Wildman–Crippen MR) is 144 cm³/mol. The molecule has 5 rings (SSSR count). The van der Waals surface area contributed by atoms with Crippen LogP contribution >= 0.6 is 0 Å². The molecule has 1 aromatic heterocycles. The molecular weight excluding hydrogens is 504 g/mol. The van der Waals surface area contributed by atoms with E-state index in [-0.39, 0.29) is 36.7 Å².